The van der Waals surface area contributed by atoms with Crippen molar-refractivity contribution in [2.24, 2.45) is 0 Å². The van der Waals surface area contributed by atoms with E-state index in [1.165, 1.54) is 302 Å². The third-order valence-corrected chi connectivity index (χ3v) is 20.1. The van der Waals surface area contributed by atoms with Crippen LogP contribution in [0.3, 0.4) is 0 Å². The van der Waals surface area contributed by atoms with Gasteiger partial charge in [0.1, 0.15) is 48.8 Å². The molecule has 0 spiro atoms. The maximum Gasteiger partial charge on any atom is 0.220 e. The second kappa shape index (κ2) is 65.5. The summed E-state index contributed by atoms with van der Waals surface area (Å²) in [6, 6.07) is -0.938. The van der Waals surface area contributed by atoms with Gasteiger partial charge in [0, 0.05) is 6.42 Å². The lowest BCUT2D eigenvalue weighted by molar-refractivity contribution is -0.359. The van der Waals surface area contributed by atoms with Crippen LogP contribution in [0.5, 0.6) is 0 Å². The quantitative estimate of drug-likeness (QED) is 0.0204. The van der Waals surface area contributed by atoms with Gasteiger partial charge < -0.3 is 65.1 Å². The fourth-order valence-corrected chi connectivity index (χ4v) is 13.6. The van der Waals surface area contributed by atoms with Gasteiger partial charge in [-0.2, -0.15) is 0 Å². The number of carbonyl (C=O) groups excluding carboxylic acids is 1. The predicted molar refractivity (Wildman–Crippen MR) is 392 cm³/mol. The monoisotopic (exact) mass is 1350 g/mol. The summed E-state index contributed by atoms with van der Waals surface area (Å²) in [7, 11) is 0. The average Bonchev–Trinajstić information content (AvgIpc) is 0.934. The third kappa shape index (κ3) is 48.6. The average molecular weight is 1350 g/mol. The number of carbonyl (C=O) groups is 1. The molecule has 0 aromatic heterocycles. The highest BCUT2D eigenvalue weighted by Crippen LogP contribution is 2.30. The van der Waals surface area contributed by atoms with E-state index in [1.54, 1.807) is 6.08 Å². The van der Waals surface area contributed by atoms with Crippen molar-refractivity contribution in [2.45, 2.75) is 453 Å². The van der Waals surface area contributed by atoms with Crippen LogP contribution in [-0.2, 0) is 23.7 Å². The Morgan fingerprint density at radius 2 is 0.674 bits per heavy atom. The zero-order valence-electron chi connectivity index (χ0n) is 61.4. The Labute approximate surface area is 582 Å². The molecular weight excluding hydrogens is 1190 g/mol. The highest BCUT2D eigenvalue weighted by atomic mass is 16.7. The van der Waals surface area contributed by atoms with Crippen molar-refractivity contribution in [3.05, 3.63) is 36.5 Å². The van der Waals surface area contributed by atoms with Crippen LogP contribution in [0.2, 0.25) is 0 Å². The van der Waals surface area contributed by atoms with E-state index in [0.717, 1.165) is 44.9 Å². The minimum atomic E-state index is -1.79. The molecule has 12 atom stereocenters. The standard InChI is InChI=1S/C81H153NO13/c1-3-5-7-9-11-13-15-17-19-21-23-25-27-29-31-33-34-35-37-38-40-42-44-46-48-50-52-54-56-58-60-62-64-70(85)69(68-92-80-78(91)76(89)79(72(67-84)94-80)95-81-77(90)75(88)74(87)71(66-83)93-81)82-73(86)65-63-61-59-57-55-53-51-49-47-45-43-41-39-36-32-30-28-26-24-22-20-18-16-14-12-10-8-6-4-2/h46,48,54,56,62,64,69-72,74-81,83-85,87-91H,3-45,47,49-53,55,57-61,63,65-68H2,1-2H3,(H,82,86)/b48-46+,56-54+,64-62+. The van der Waals surface area contributed by atoms with E-state index in [9.17, 15) is 45.6 Å². The molecule has 2 aliphatic rings. The number of rotatable bonds is 69. The first-order chi connectivity index (χ1) is 46.6. The second-order valence-electron chi connectivity index (χ2n) is 28.9. The molecule has 0 bridgehead atoms. The largest absolute Gasteiger partial charge is 0.394 e. The van der Waals surface area contributed by atoms with Crippen molar-refractivity contribution in [3.8, 4) is 0 Å². The lowest BCUT2D eigenvalue weighted by atomic mass is 9.97. The zero-order valence-corrected chi connectivity index (χ0v) is 61.4. The van der Waals surface area contributed by atoms with Crippen LogP contribution in [0.25, 0.3) is 0 Å². The molecule has 2 aliphatic heterocycles. The van der Waals surface area contributed by atoms with Crippen LogP contribution in [0.4, 0.5) is 0 Å². The minimum Gasteiger partial charge on any atom is -0.394 e. The highest BCUT2D eigenvalue weighted by Gasteiger charge is 2.51. The molecule has 0 aromatic carbocycles. The van der Waals surface area contributed by atoms with Crippen molar-refractivity contribution in [1.82, 2.24) is 5.32 Å². The van der Waals surface area contributed by atoms with Crippen LogP contribution in [0.15, 0.2) is 36.5 Å². The van der Waals surface area contributed by atoms with Gasteiger partial charge in [-0.3, -0.25) is 4.79 Å². The Balaban J connectivity index is 1.63. The SMILES string of the molecule is CCCCCCCCCCCCCCCCCCCCCCCC/C=C/CC/C=C/CC/C=C/C(O)C(COC1OC(CO)C(OC2OC(CO)C(O)C(O)C2O)C(O)C1O)NC(=O)CCCCCCCCCCCCCCCCCCCCCCCCCCCCCCC. The summed E-state index contributed by atoms with van der Waals surface area (Å²) >= 11 is 0. The van der Waals surface area contributed by atoms with Crippen LogP contribution in [0, 0.1) is 0 Å². The van der Waals surface area contributed by atoms with Gasteiger partial charge in [-0.1, -0.05) is 365 Å². The predicted octanol–water partition coefficient (Wildman–Crippen LogP) is 18.4. The lowest BCUT2D eigenvalue weighted by Gasteiger charge is -2.46. The van der Waals surface area contributed by atoms with Crippen LogP contribution in [0.1, 0.15) is 380 Å². The van der Waals surface area contributed by atoms with E-state index < -0.39 is 86.8 Å². The van der Waals surface area contributed by atoms with Gasteiger partial charge >= 0.3 is 0 Å². The number of unbranched alkanes of at least 4 members (excludes halogenated alkanes) is 52. The summed E-state index contributed by atoms with van der Waals surface area (Å²) < 4.78 is 22.9. The Morgan fingerprint density at radius 1 is 0.368 bits per heavy atom. The van der Waals surface area contributed by atoms with Gasteiger partial charge in [0.25, 0.3) is 0 Å². The fourth-order valence-electron chi connectivity index (χ4n) is 13.6. The van der Waals surface area contributed by atoms with E-state index in [-0.39, 0.29) is 18.9 Å². The molecule has 560 valence electrons. The van der Waals surface area contributed by atoms with Crippen LogP contribution < -0.4 is 5.32 Å². The molecular formula is C81H153NO13. The molecule has 0 radical (unpaired) electrons. The summed E-state index contributed by atoms with van der Waals surface area (Å²) in [5.41, 5.74) is 0. The van der Waals surface area contributed by atoms with Gasteiger partial charge in [-0.05, 0) is 44.9 Å². The first-order valence-corrected chi connectivity index (χ1v) is 40.7. The van der Waals surface area contributed by atoms with Crippen molar-refractivity contribution in [2.75, 3.05) is 19.8 Å². The molecule has 1 amide bonds. The van der Waals surface area contributed by atoms with E-state index >= 15 is 0 Å². The minimum absolute atomic E-state index is 0.245. The Kier molecular flexibility index (Phi) is 61.6. The van der Waals surface area contributed by atoms with E-state index in [0.29, 0.717) is 12.8 Å². The maximum absolute atomic E-state index is 13.4. The molecule has 14 nitrogen and oxygen atoms in total. The van der Waals surface area contributed by atoms with Gasteiger partial charge in [0.05, 0.1) is 32.0 Å². The summed E-state index contributed by atoms with van der Waals surface area (Å²) in [5, 5.41) is 87.6. The van der Waals surface area contributed by atoms with Crippen LogP contribution in [-0.4, -0.2) is 140 Å². The van der Waals surface area contributed by atoms with Gasteiger partial charge in [0.15, 0.2) is 12.6 Å². The highest BCUT2D eigenvalue weighted by molar-refractivity contribution is 5.76. The molecule has 2 rings (SSSR count). The number of aliphatic hydroxyl groups excluding tert-OH is 8. The zero-order chi connectivity index (χ0) is 68.7. The van der Waals surface area contributed by atoms with Crippen LogP contribution >= 0.6 is 0 Å². The Bertz CT molecular complexity index is 1730. The molecule has 0 saturated carbocycles. The number of aliphatic hydroxyl groups is 8. The number of nitrogens with one attached hydrogen (secondary N) is 1. The van der Waals surface area contributed by atoms with E-state index in [2.05, 4.69) is 43.5 Å². The molecule has 2 fully saturated rings. The van der Waals surface area contributed by atoms with Crippen molar-refractivity contribution in [3.63, 3.8) is 0 Å². The molecule has 95 heavy (non-hydrogen) atoms. The summed E-state index contributed by atoms with van der Waals surface area (Å²) in [6.45, 7) is 2.85. The number of hydrogen-bond donors (Lipinski definition) is 9. The summed E-state index contributed by atoms with van der Waals surface area (Å²) in [6.07, 6.45) is 69.6. The normalized spacial score (nSPS) is 22.5. The van der Waals surface area contributed by atoms with Crippen molar-refractivity contribution < 1.29 is 64.6 Å². The number of hydrogen-bond acceptors (Lipinski definition) is 13. The Hall–Kier alpha value is -1.79. The van der Waals surface area contributed by atoms with E-state index in [1.807, 2.05) is 6.08 Å². The second-order valence-corrected chi connectivity index (χ2v) is 28.9. The van der Waals surface area contributed by atoms with Crippen molar-refractivity contribution >= 4 is 5.91 Å². The molecule has 0 aliphatic carbocycles. The van der Waals surface area contributed by atoms with Crippen molar-refractivity contribution in [1.29, 1.82) is 0 Å². The number of amides is 1. The first kappa shape index (κ1) is 89.3. The lowest BCUT2D eigenvalue weighted by Crippen LogP contribution is -2.65. The first-order valence-electron chi connectivity index (χ1n) is 40.7. The molecule has 14 heteroatoms. The molecule has 12 unspecified atom stereocenters. The van der Waals surface area contributed by atoms with E-state index in [4.69, 9.17) is 18.9 Å². The maximum atomic E-state index is 13.4. The molecule has 2 heterocycles. The van der Waals surface area contributed by atoms with Gasteiger partial charge in [-0.15, -0.1) is 0 Å². The smallest absolute Gasteiger partial charge is 0.220 e. The third-order valence-electron chi connectivity index (χ3n) is 20.1. The number of allylic oxidation sites excluding steroid dienone is 5. The molecule has 0 aromatic rings. The summed E-state index contributed by atoms with van der Waals surface area (Å²) in [4.78, 5) is 13.4. The number of ether oxygens (including phenoxy) is 4. The fraction of sp³-hybridized carbons (Fsp3) is 0.914. The van der Waals surface area contributed by atoms with Gasteiger partial charge in [-0.25, -0.2) is 0 Å². The van der Waals surface area contributed by atoms with Gasteiger partial charge in [0.2, 0.25) is 5.91 Å². The molecule has 9 N–H and O–H groups in total. The summed E-state index contributed by atoms with van der Waals surface area (Å²) in [5.74, 6) is -0.245. The topological polar surface area (TPSA) is 228 Å². The molecule has 2 saturated heterocycles. The Morgan fingerprint density at radius 3 is 1.03 bits per heavy atom.